The van der Waals surface area contributed by atoms with Crippen LogP contribution in [0.4, 0.5) is 15.5 Å². The zero-order valence-corrected chi connectivity index (χ0v) is 21.2. The molecule has 0 bridgehead atoms. The molecule has 0 spiro atoms. The molecule has 35 heavy (non-hydrogen) atoms. The van der Waals surface area contributed by atoms with Crippen LogP contribution in [0.2, 0.25) is 0 Å². The number of urea groups is 1. The molecule has 2 amide bonds. The molecule has 5 rings (SSSR count). The van der Waals surface area contributed by atoms with Crippen molar-refractivity contribution in [2.24, 2.45) is 5.73 Å². The zero-order valence-electron chi connectivity index (χ0n) is 20.4. The molecule has 1 saturated heterocycles. The highest BCUT2D eigenvalue weighted by atomic mass is 32.1. The minimum Gasteiger partial charge on any atom is -0.491 e. The number of nitrogens with one attached hydrogen (secondary N) is 1. The van der Waals surface area contributed by atoms with E-state index in [4.69, 9.17) is 10.5 Å². The maximum absolute atomic E-state index is 11.5. The van der Waals surface area contributed by atoms with E-state index in [1.54, 1.807) is 11.3 Å². The summed E-state index contributed by atoms with van der Waals surface area (Å²) in [6.45, 7) is 6.29. The van der Waals surface area contributed by atoms with Crippen molar-refractivity contribution in [3.05, 3.63) is 53.6 Å². The second kappa shape index (κ2) is 11.3. The predicted octanol–water partition coefficient (Wildman–Crippen LogP) is 5.64. The standard InChI is InChI=1S/C28H36N4O2S/c29-28(33)30-27-23(22-11-1-2-14-25(22)35-27)12-3-5-15-31-16-8-17-32(19-18-31)24-13-7-10-21-9-4-6-20-34-26(21)24/h1-2,7,10-11,13-14H,3-6,8-9,12,15-20H2,(H3,29,30,33). The van der Waals surface area contributed by atoms with Gasteiger partial charge < -0.3 is 20.3 Å². The van der Waals surface area contributed by atoms with E-state index in [1.165, 1.54) is 39.7 Å². The van der Waals surface area contributed by atoms with E-state index in [0.29, 0.717) is 0 Å². The second-order valence-corrected chi connectivity index (χ2v) is 10.7. The average molecular weight is 493 g/mol. The van der Waals surface area contributed by atoms with E-state index in [2.05, 4.69) is 51.5 Å². The molecule has 0 aliphatic carbocycles. The van der Waals surface area contributed by atoms with Crippen molar-refractivity contribution in [2.75, 3.05) is 49.5 Å². The van der Waals surface area contributed by atoms with Crippen molar-refractivity contribution in [1.29, 1.82) is 0 Å². The monoisotopic (exact) mass is 492 g/mol. The number of rotatable bonds is 7. The fraction of sp³-hybridized carbons (Fsp3) is 0.464. The Morgan fingerprint density at radius 1 is 1.00 bits per heavy atom. The first kappa shape index (κ1) is 23.9. The van der Waals surface area contributed by atoms with Gasteiger partial charge in [-0.2, -0.15) is 0 Å². The molecular weight excluding hydrogens is 456 g/mol. The quantitative estimate of drug-likeness (QED) is 0.419. The lowest BCUT2D eigenvalue weighted by molar-refractivity contribution is 0.259. The summed E-state index contributed by atoms with van der Waals surface area (Å²) in [7, 11) is 0. The molecule has 2 aliphatic heterocycles. The van der Waals surface area contributed by atoms with Gasteiger partial charge in [0.15, 0.2) is 0 Å². The number of hydrogen-bond donors (Lipinski definition) is 2. The number of ether oxygens (including phenoxy) is 1. The van der Waals surface area contributed by atoms with Crippen molar-refractivity contribution >= 4 is 38.1 Å². The summed E-state index contributed by atoms with van der Waals surface area (Å²) < 4.78 is 7.39. The van der Waals surface area contributed by atoms with Crippen molar-refractivity contribution in [3.63, 3.8) is 0 Å². The molecule has 0 radical (unpaired) electrons. The smallest absolute Gasteiger partial charge is 0.317 e. The largest absolute Gasteiger partial charge is 0.491 e. The molecule has 2 aromatic carbocycles. The van der Waals surface area contributed by atoms with Crippen LogP contribution in [0, 0.1) is 0 Å². The minimum atomic E-state index is -0.493. The van der Waals surface area contributed by atoms with E-state index in [1.807, 2.05) is 6.07 Å². The van der Waals surface area contributed by atoms with Crippen molar-refractivity contribution < 1.29 is 9.53 Å². The minimum absolute atomic E-state index is 0.493. The van der Waals surface area contributed by atoms with Gasteiger partial charge >= 0.3 is 6.03 Å². The van der Waals surface area contributed by atoms with E-state index in [9.17, 15) is 4.79 Å². The summed E-state index contributed by atoms with van der Waals surface area (Å²) in [5, 5.41) is 4.97. The van der Waals surface area contributed by atoms with Gasteiger partial charge in [0.25, 0.3) is 0 Å². The van der Waals surface area contributed by atoms with Gasteiger partial charge in [-0.1, -0.05) is 30.3 Å². The van der Waals surface area contributed by atoms with Crippen molar-refractivity contribution in [3.8, 4) is 5.75 Å². The topological polar surface area (TPSA) is 70.8 Å². The normalized spacial score (nSPS) is 16.9. The van der Waals surface area contributed by atoms with Crippen LogP contribution in [0.3, 0.4) is 0 Å². The third-order valence-electron chi connectivity index (χ3n) is 7.18. The van der Waals surface area contributed by atoms with E-state index >= 15 is 0 Å². The highest BCUT2D eigenvalue weighted by molar-refractivity contribution is 7.23. The summed E-state index contributed by atoms with van der Waals surface area (Å²) in [6, 6.07) is 14.5. The lowest BCUT2D eigenvalue weighted by Gasteiger charge is -2.26. The zero-order chi connectivity index (χ0) is 24.0. The second-order valence-electron chi connectivity index (χ2n) is 9.61. The fourth-order valence-electron chi connectivity index (χ4n) is 5.41. The average Bonchev–Trinajstić information content (AvgIpc) is 3.04. The van der Waals surface area contributed by atoms with Gasteiger partial charge in [0.05, 0.1) is 12.3 Å². The van der Waals surface area contributed by atoms with Gasteiger partial charge in [-0.3, -0.25) is 5.32 Å². The molecule has 3 aromatic rings. The maximum Gasteiger partial charge on any atom is 0.317 e. The number of primary amides is 1. The molecule has 0 unspecified atom stereocenters. The number of nitrogens with zero attached hydrogens (tertiary/aromatic N) is 2. The van der Waals surface area contributed by atoms with Gasteiger partial charge in [-0.05, 0) is 86.7 Å². The molecule has 186 valence electrons. The number of unbranched alkanes of at least 4 members (excludes halogenated alkanes) is 1. The van der Waals surface area contributed by atoms with Crippen molar-refractivity contribution in [1.82, 2.24) is 4.90 Å². The Morgan fingerprint density at radius 2 is 1.91 bits per heavy atom. The van der Waals surface area contributed by atoms with Gasteiger partial charge in [-0.25, -0.2) is 4.79 Å². The van der Waals surface area contributed by atoms with Gasteiger partial charge in [0.2, 0.25) is 0 Å². The first-order valence-corrected chi connectivity index (χ1v) is 13.8. The van der Waals surface area contributed by atoms with Crippen LogP contribution in [-0.2, 0) is 12.8 Å². The number of amides is 2. The lowest BCUT2D eigenvalue weighted by Crippen LogP contribution is -2.31. The number of carbonyl (C=O) groups is 1. The van der Waals surface area contributed by atoms with Gasteiger partial charge in [0, 0.05) is 24.3 Å². The highest BCUT2D eigenvalue weighted by Crippen LogP contribution is 2.37. The summed E-state index contributed by atoms with van der Waals surface area (Å²) in [6.07, 6.45) is 7.84. The number of carbonyl (C=O) groups excluding carboxylic acids is 1. The van der Waals surface area contributed by atoms with Crippen LogP contribution >= 0.6 is 11.3 Å². The Morgan fingerprint density at radius 3 is 2.83 bits per heavy atom. The Hall–Kier alpha value is -2.77. The number of thiophene rings is 1. The molecule has 6 nitrogen and oxygen atoms in total. The van der Waals surface area contributed by atoms with Crippen LogP contribution in [0.25, 0.3) is 10.1 Å². The van der Waals surface area contributed by atoms with Crippen LogP contribution in [0.5, 0.6) is 5.75 Å². The number of aryl methyl sites for hydroxylation is 2. The molecule has 1 fully saturated rings. The van der Waals surface area contributed by atoms with Crippen LogP contribution in [0.1, 0.15) is 43.2 Å². The molecule has 2 aliphatic rings. The number of anilines is 2. The fourth-order valence-corrected chi connectivity index (χ4v) is 6.56. The molecule has 1 aromatic heterocycles. The maximum atomic E-state index is 11.5. The lowest BCUT2D eigenvalue weighted by atomic mass is 10.1. The van der Waals surface area contributed by atoms with E-state index in [-0.39, 0.29) is 0 Å². The number of para-hydroxylation sites is 1. The van der Waals surface area contributed by atoms with Crippen LogP contribution in [-0.4, -0.2) is 50.3 Å². The number of fused-ring (bicyclic) bond motifs is 2. The number of nitrogens with two attached hydrogens (primary N) is 1. The Balaban J connectivity index is 1.16. The first-order valence-electron chi connectivity index (χ1n) is 13.0. The molecule has 0 saturated carbocycles. The van der Waals surface area contributed by atoms with E-state index < -0.39 is 6.03 Å². The molecular formula is C28H36N4O2S. The Kier molecular flexibility index (Phi) is 7.74. The SMILES string of the molecule is NC(=O)Nc1sc2ccccc2c1CCCCN1CCCN(c2cccc3c2OCCCC3)CC1. The Bertz CT molecular complexity index is 1160. The third-order valence-corrected chi connectivity index (χ3v) is 8.31. The van der Waals surface area contributed by atoms with E-state index in [0.717, 1.165) is 82.2 Å². The number of benzene rings is 2. The summed E-state index contributed by atoms with van der Waals surface area (Å²) in [5.41, 5.74) is 9.29. The Labute approximate surface area is 212 Å². The summed E-state index contributed by atoms with van der Waals surface area (Å²) >= 11 is 1.61. The third kappa shape index (κ3) is 5.73. The summed E-state index contributed by atoms with van der Waals surface area (Å²) in [5.74, 6) is 1.13. The molecule has 0 atom stereocenters. The number of hydrogen-bond acceptors (Lipinski definition) is 5. The molecule has 3 heterocycles. The van der Waals surface area contributed by atoms with Crippen LogP contribution < -0.4 is 20.7 Å². The summed E-state index contributed by atoms with van der Waals surface area (Å²) in [4.78, 5) is 16.6. The van der Waals surface area contributed by atoms with Gasteiger partial charge in [-0.15, -0.1) is 11.3 Å². The van der Waals surface area contributed by atoms with Crippen LogP contribution in [0.15, 0.2) is 42.5 Å². The highest BCUT2D eigenvalue weighted by Gasteiger charge is 2.21. The molecule has 3 N–H and O–H groups in total. The predicted molar refractivity (Wildman–Crippen MR) is 146 cm³/mol. The molecule has 7 heteroatoms. The van der Waals surface area contributed by atoms with Gasteiger partial charge in [0.1, 0.15) is 10.8 Å². The van der Waals surface area contributed by atoms with Crippen molar-refractivity contribution in [2.45, 2.75) is 44.9 Å². The first-order chi connectivity index (χ1) is 17.2.